The molecule has 0 spiro atoms. The second-order valence-corrected chi connectivity index (χ2v) is 14.0. The lowest BCUT2D eigenvalue weighted by molar-refractivity contribution is -0.133. The first kappa shape index (κ1) is 27.4. The van der Waals surface area contributed by atoms with Crippen LogP contribution in [-0.4, -0.2) is 103 Å². The predicted octanol–water partition coefficient (Wildman–Crippen LogP) is -0.179. The molecule has 6 heterocycles. The summed E-state index contributed by atoms with van der Waals surface area (Å²) in [6.07, 6.45) is 8.48. The van der Waals surface area contributed by atoms with Gasteiger partial charge in [-0.1, -0.05) is 12.8 Å². The van der Waals surface area contributed by atoms with Gasteiger partial charge in [0.15, 0.2) is 17.8 Å². The molecule has 11 nitrogen and oxygen atoms in total. The Labute approximate surface area is 240 Å². The molecule has 6 fully saturated rings. The Morgan fingerprint density at radius 2 is 1.93 bits per heavy atom. The van der Waals surface area contributed by atoms with E-state index in [1.54, 1.807) is 6.08 Å². The fourth-order valence-electron chi connectivity index (χ4n) is 7.90. The Kier molecular flexibility index (Phi) is 8.02. The summed E-state index contributed by atoms with van der Waals surface area (Å²) in [7, 11) is 0. The summed E-state index contributed by atoms with van der Waals surface area (Å²) >= 11 is 1.92. The molecule has 7 rings (SSSR count). The normalized spacial score (nSPS) is 45.5. The minimum Gasteiger partial charge on any atom is -0.472 e. The highest BCUT2D eigenvalue weighted by atomic mass is 32.2. The van der Waals surface area contributed by atoms with Gasteiger partial charge in [0.2, 0.25) is 5.91 Å². The van der Waals surface area contributed by atoms with Crippen LogP contribution in [0.3, 0.4) is 0 Å². The molecule has 11 atom stereocenters. The molecule has 0 radical (unpaired) electrons. The number of nitrogens with two attached hydrogens (primary N) is 1. The maximum atomic E-state index is 12.9. The molecule has 40 heavy (non-hydrogen) atoms. The molecule has 5 saturated heterocycles. The average molecular weight is 577 g/mol. The van der Waals surface area contributed by atoms with E-state index in [4.69, 9.17) is 19.9 Å². The van der Waals surface area contributed by atoms with Crippen molar-refractivity contribution in [1.29, 1.82) is 0 Å². The highest BCUT2D eigenvalue weighted by Crippen LogP contribution is 2.44. The van der Waals surface area contributed by atoms with Crippen molar-refractivity contribution in [2.45, 2.75) is 92.2 Å². The highest BCUT2D eigenvalue weighted by molar-refractivity contribution is 8.00. The van der Waals surface area contributed by atoms with E-state index in [0.717, 1.165) is 51.7 Å². The van der Waals surface area contributed by atoms with Crippen LogP contribution in [0.5, 0.6) is 0 Å². The third-order valence-electron chi connectivity index (χ3n) is 10.1. The fraction of sp³-hybridized carbons (Fsp3) is 0.857. The van der Waals surface area contributed by atoms with Crippen molar-refractivity contribution >= 4 is 23.5 Å². The number of nitrogens with zero attached hydrogens (tertiary/aromatic N) is 1. The van der Waals surface area contributed by atoms with E-state index in [9.17, 15) is 9.59 Å². The molecule has 0 aromatic carbocycles. The quantitative estimate of drug-likeness (QED) is 0.288. The monoisotopic (exact) mass is 576 g/mol. The summed E-state index contributed by atoms with van der Waals surface area (Å²) in [4.78, 5) is 27.9. The van der Waals surface area contributed by atoms with E-state index in [-0.39, 0.29) is 53.4 Å². The number of amides is 1. The molecular weight excluding hydrogens is 532 g/mol. The van der Waals surface area contributed by atoms with Crippen LogP contribution in [0.4, 0.5) is 0 Å². The molecule has 12 heteroatoms. The first-order valence-electron chi connectivity index (χ1n) is 15.4. The number of ketones is 1. The Bertz CT molecular complexity index is 996. The van der Waals surface area contributed by atoms with E-state index >= 15 is 0 Å². The number of morpholine rings is 1. The Hall–Kier alpha value is -1.41. The van der Waals surface area contributed by atoms with Crippen molar-refractivity contribution in [1.82, 2.24) is 26.2 Å². The summed E-state index contributed by atoms with van der Waals surface area (Å²) in [6.45, 7) is 4.04. The molecule has 0 aromatic heterocycles. The summed E-state index contributed by atoms with van der Waals surface area (Å²) < 4.78 is 17.9. The Morgan fingerprint density at radius 3 is 2.77 bits per heavy atom. The van der Waals surface area contributed by atoms with Gasteiger partial charge in [-0.3, -0.25) is 25.5 Å². The molecule has 1 amide bonds. The lowest BCUT2D eigenvalue weighted by Crippen LogP contribution is -2.66. The lowest BCUT2D eigenvalue weighted by atomic mass is 9.84. The standard InChI is InChI=1S/C28H44N6O5S/c29-17-3-1-2-4-18(17)31-21-11-15-13-30-28(36)24(15)27(32-21)33-22-6-5-20(40-22)16-14-38-26-19(35)12-23(39-25(16)26)34-7-9-37-10-8-34/h12,15-18,20-22,24-27,31-33H,1-11,13-14,29H2,(H,30,36)/t15?,16?,17-,18+,20?,21?,22?,24?,25?,26?,27?/m1/s1. The van der Waals surface area contributed by atoms with Crippen molar-refractivity contribution in [2.24, 2.45) is 23.5 Å². The molecule has 6 aliphatic heterocycles. The van der Waals surface area contributed by atoms with Crippen LogP contribution < -0.4 is 27.0 Å². The number of carbonyl (C=O) groups excluding carboxylic acids is 2. The van der Waals surface area contributed by atoms with Gasteiger partial charge in [0, 0.05) is 49.0 Å². The fourth-order valence-corrected chi connectivity index (χ4v) is 9.52. The Balaban J connectivity index is 0.985. The molecule has 0 aromatic rings. The first-order chi connectivity index (χ1) is 19.5. The third-order valence-corrected chi connectivity index (χ3v) is 11.7. The summed E-state index contributed by atoms with van der Waals surface area (Å²) in [5, 5.41) is 15.1. The molecule has 7 aliphatic rings. The van der Waals surface area contributed by atoms with Crippen LogP contribution in [0.2, 0.25) is 0 Å². The maximum Gasteiger partial charge on any atom is 0.226 e. The lowest BCUT2D eigenvalue weighted by Gasteiger charge is -2.42. The zero-order valence-electron chi connectivity index (χ0n) is 23.1. The third kappa shape index (κ3) is 5.41. The van der Waals surface area contributed by atoms with E-state index in [0.29, 0.717) is 42.9 Å². The molecule has 1 aliphatic carbocycles. The van der Waals surface area contributed by atoms with E-state index in [1.807, 2.05) is 11.8 Å². The Morgan fingerprint density at radius 1 is 1.07 bits per heavy atom. The van der Waals surface area contributed by atoms with Gasteiger partial charge >= 0.3 is 0 Å². The van der Waals surface area contributed by atoms with Gasteiger partial charge in [-0.25, -0.2) is 0 Å². The summed E-state index contributed by atoms with van der Waals surface area (Å²) in [5.74, 6) is 1.22. The smallest absolute Gasteiger partial charge is 0.226 e. The van der Waals surface area contributed by atoms with Gasteiger partial charge in [0.1, 0.15) is 6.10 Å². The molecule has 0 bridgehead atoms. The highest BCUT2D eigenvalue weighted by Gasteiger charge is 2.52. The van der Waals surface area contributed by atoms with Crippen molar-refractivity contribution in [3.8, 4) is 0 Å². The first-order valence-corrected chi connectivity index (χ1v) is 16.3. The molecule has 9 unspecified atom stereocenters. The number of rotatable bonds is 6. The number of thioether (sulfide) groups is 1. The predicted molar refractivity (Wildman–Crippen MR) is 150 cm³/mol. The minimum atomic E-state index is -0.511. The second-order valence-electron chi connectivity index (χ2n) is 12.6. The number of hydrogen-bond acceptors (Lipinski definition) is 11. The largest absolute Gasteiger partial charge is 0.472 e. The van der Waals surface area contributed by atoms with Crippen molar-refractivity contribution in [3.05, 3.63) is 12.0 Å². The van der Waals surface area contributed by atoms with Crippen LogP contribution in [0.15, 0.2) is 12.0 Å². The number of ether oxygens (including phenoxy) is 3. The van der Waals surface area contributed by atoms with Gasteiger partial charge < -0.3 is 30.2 Å². The molecular formula is C28H44N6O5S. The number of piperidine rings is 1. The topological polar surface area (TPSA) is 139 Å². The minimum absolute atomic E-state index is 0.0128. The van der Waals surface area contributed by atoms with Crippen molar-refractivity contribution in [3.63, 3.8) is 0 Å². The number of hydrogen-bond donors (Lipinski definition) is 5. The number of carbonyl (C=O) groups is 2. The van der Waals surface area contributed by atoms with Crippen LogP contribution in [0, 0.1) is 17.8 Å². The molecule has 6 N–H and O–H groups in total. The van der Waals surface area contributed by atoms with Crippen LogP contribution in [0.25, 0.3) is 0 Å². The van der Waals surface area contributed by atoms with Crippen LogP contribution >= 0.6 is 11.8 Å². The second kappa shape index (κ2) is 11.7. The van der Waals surface area contributed by atoms with Gasteiger partial charge in [0.25, 0.3) is 0 Å². The average Bonchev–Trinajstić information content (AvgIpc) is 3.69. The zero-order valence-corrected chi connectivity index (χ0v) is 23.9. The summed E-state index contributed by atoms with van der Waals surface area (Å²) in [6, 6.07) is 0.516. The van der Waals surface area contributed by atoms with Gasteiger partial charge in [0.05, 0.1) is 43.4 Å². The molecule has 222 valence electrons. The van der Waals surface area contributed by atoms with Gasteiger partial charge in [-0.05, 0) is 38.0 Å². The number of fused-ring (bicyclic) bond motifs is 2. The molecule has 1 saturated carbocycles. The van der Waals surface area contributed by atoms with Gasteiger partial charge in [-0.2, -0.15) is 0 Å². The zero-order chi connectivity index (χ0) is 27.2. The van der Waals surface area contributed by atoms with E-state index < -0.39 is 6.10 Å². The van der Waals surface area contributed by atoms with Crippen LogP contribution in [0.1, 0.15) is 44.9 Å². The van der Waals surface area contributed by atoms with Crippen LogP contribution in [-0.2, 0) is 23.8 Å². The summed E-state index contributed by atoms with van der Waals surface area (Å²) in [5.41, 5.74) is 6.44. The van der Waals surface area contributed by atoms with Crippen molar-refractivity contribution in [2.75, 3.05) is 39.5 Å². The van der Waals surface area contributed by atoms with Crippen molar-refractivity contribution < 1.29 is 23.8 Å². The van der Waals surface area contributed by atoms with Gasteiger partial charge in [-0.15, -0.1) is 11.8 Å². The van der Waals surface area contributed by atoms with E-state index in [2.05, 4.69) is 26.2 Å². The van der Waals surface area contributed by atoms with E-state index in [1.165, 1.54) is 12.8 Å². The SMILES string of the molecule is N[C@@H]1CCCC[C@@H]1NC1CC2CNC(=O)C2C(NC2CCC(C3COC4C(=O)C=C(N5CCOCC5)OC43)S2)N1. The maximum absolute atomic E-state index is 12.9. The number of nitrogens with one attached hydrogen (secondary N) is 4.